The molecule has 144 valence electrons. The number of nitrogens with one attached hydrogen (secondary N) is 2. The van der Waals surface area contributed by atoms with Gasteiger partial charge < -0.3 is 15.8 Å². The first-order valence-corrected chi connectivity index (χ1v) is 8.98. The van der Waals surface area contributed by atoms with Gasteiger partial charge in [0.15, 0.2) is 5.78 Å². The highest BCUT2D eigenvalue weighted by Gasteiger charge is 2.39. The second kappa shape index (κ2) is 6.47. The Morgan fingerprint density at radius 3 is 2.79 bits per heavy atom. The van der Waals surface area contributed by atoms with Crippen LogP contribution in [0.25, 0.3) is 10.9 Å². The molecule has 0 radical (unpaired) electrons. The summed E-state index contributed by atoms with van der Waals surface area (Å²) in [4.78, 5) is 33.8. The molecule has 1 heterocycles. The lowest BCUT2D eigenvalue weighted by atomic mass is 9.71. The minimum absolute atomic E-state index is 0.00220. The lowest BCUT2D eigenvalue weighted by Crippen LogP contribution is -2.31. The van der Waals surface area contributed by atoms with Crippen molar-refractivity contribution >= 4 is 28.3 Å². The summed E-state index contributed by atoms with van der Waals surface area (Å²) in [7, 11) is 0. The smallest absolute Gasteiger partial charge is 0.274 e. The maximum absolute atomic E-state index is 13.2. The molecule has 2 aromatic carbocycles. The van der Waals surface area contributed by atoms with Gasteiger partial charge in [-0.15, -0.1) is 0 Å². The number of benzene rings is 2. The number of carbonyl (C=O) groups excluding carboxylic acids is 2. The molecule has 5 N–H and O–H groups in total. The van der Waals surface area contributed by atoms with Crippen LogP contribution in [0.5, 0.6) is 0 Å². The van der Waals surface area contributed by atoms with Gasteiger partial charge in [0.2, 0.25) is 0 Å². The molecule has 1 aromatic heterocycles. The summed E-state index contributed by atoms with van der Waals surface area (Å²) in [6.07, 6.45) is 0. The van der Waals surface area contributed by atoms with Crippen LogP contribution >= 0.6 is 0 Å². The van der Waals surface area contributed by atoms with Crippen molar-refractivity contribution in [3.63, 3.8) is 0 Å². The molecule has 0 spiro atoms. The SMILES string of the molecule is CC1(C)c2cc(C(=O)NOCCO)ccc2C(=O)c2c1[nH]c1cc(N)ccc21. The Labute approximate surface area is 161 Å². The second-order valence-corrected chi connectivity index (χ2v) is 7.40. The molecule has 0 fully saturated rings. The van der Waals surface area contributed by atoms with Gasteiger partial charge in [-0.1, -0.05) is 19.9 Å². The second-order valence-electron chi connectivity index (χ2n) is 7.40. The average Bonchev–Trinajstić information content (AvgIpc) is 3.06. The number of H-pyrrole nitrogens is 1. The molecule has 7 heteroatoms. The fourth-order valence-corrected chi connectivity index (χ4v) is 3.81. The fraction of sp³-hybridized carbons (Fsp3) is 0.238. The number of anilines is 1. The van der Waals surface area contributed by atoms with Gasteiger partial charge >= 0.3 is 0 Å². The highest BCUT2D eigenvalue weighted by Crippen LogP contribution is 2.44. The van der Waals surface area contributed by atoms with E-state index >= 15 is 0 Å². The first-order valence-electron chi connectivity index (χ1n) is 8.98. The van der Waals surface area contributed by atoms with Crippen LogP contribution in [0.2, 0.25) is 0 Å². The summed E-state index contributed by atoms with van der Waals surface area (Å²) in [6.45, 7) is 3.83. The minimum Gasteiger partial charge on any atom is -0.399 e. The number of aromatic amines is 1. The first kappa shape index (κ1) is 18.2. The van der Waals surface area contributed by atoms with E-state index in [2.05, 4.69) is 10.5 Å². The quantitative estimate of drug-likeness (QED) is 0.315. The zero-order chi connectivity index (χ0) is 20.1. The maximum Gasteiger partial charge on any atom is 0.274 e. The number of aliphatic hydroxyl groups excluding tert-OH is 1. The normalized spacial score (nSPS) is 14.6. The number of aromatic nitrogens is 1. The number of nitrogen functional groups attached to an aromatic ring is 1. The Bertz CT molecular complexity index is 1110. The Hall–Kier alpha value is -3.16. The molecule has 1 aliphatic carbocycles. The van der Waals surface area contributed by atoms with Gasteiger partial charge in [-0.25, -0.2) is 5.48 Å². The van der Waals surface area contributed by atoms with Crippen molar-refractivity contribution < 1.29 is 19.5 Å². The lowest BCUT2D eigenvalue weighted by molar-refractivity contribution is 0.0168. The van der Waals surface area contributed by atoms with E-state index in [1.165, 1.54) is 0 Å². The standard InChI is InChI=1S/C21H21N3O4/c1-21(2)15-9-11(20(27)24-28-8-7-25)3-5-13(15)18(26)17-14-6-4-12(22)10-16(14)23-19(17)21/h3-6,9-10,23,25H,7-8,22H2,1-2H3,(H,24,27). The zero-order valence-electron chi connectivity index (χ0n) is 15.6. The van der Waals surface area contributed by atoms with Crippen molar-refractivity contribution in [1.29, 1.82) is 0 Å². The summed E-state index contributed by atoms with van der Waals surface area (Å²) < 4.78 is 0. The van der Waals surface area contributed by atoms with Crippen molar-refractivity contribution in [2.24, 2.45) is 0 Å². The van der Waals surface area contributed by atoms with Gasteiger partial charge in [-0.2, -0.15) is 0 Å². The molecule has 28 heavy (non-hydrogen) atoms. The number of fused-ring (bicyclic) bond motifs is 4. The number of hydrogen-bond donors (Lipinski definition) is 4. The molecule has 4 rings (SSSR count). The zero-order valence-corrected chi connectivity index (χ0v) is 15.6. The van der Waals surface area contributed by atoms with Gasteiger partial charge in [0.25, 0.3) is 5.91 Å². The van der Waals surface area contributed by atoms with Gasteiger partial charge in [-0.3, -0.25) is 14.4 Å². The molecule has 1 amide bonds. The van der Waals surface area contributed by atoms with E-state index in [4.69, 9.17) is 15.7 Å². The van der Waals surface area contributed by atoms with Crippen molar-refractivity contribution in [3.05, 3.63) is 64.3 Å². The number of hydroxylamine groups is 1. The summed E-state index contributed by atoms with van der Waals surface area (Å²) in [5.41, 5.74) is 12.3. The molecule has 0 saturated carbocycles. The van der Waals surface area contributed by atoms with Crippen molar-refractivity contribution in [2.75, 3.05) is 18.9 Å². The van der Waals surface area contributed by atoms with E-state index in [-0.39, 0.29) is 19.0 Å². The number of hydrogen-bond acceptors (Lipinski definition) is 5. The third-order valence-corrected chi connectivity index (χ3v) is 5.23. The number of amides is 1. The van der Waals surface area contributed by atoms with E-state index in [1.54, 1.807) is 24.3 Å². The van der Waals surface area contributed by atoms with E-state index in [9.17, 15) is 9.59 Å². The predicted molar refractivity (Wildman–Crippen MR) is 105 cm³/mol. The minimum atomic E-state index is -0.519. The Morgan fingerprint density at radius 2 is 2.04 bits per heavy atom. The van der Waals surface area contributed by atoms with Crippen molar-refractivity contribution in [2.45, 2.75) is 19.3 Å². The Kier molecular flexibility index (Phi) is 4.21. The molecule has 0 saturated heterocycles. The summed E-state index contributed by atoms with van der Waals surface area (Å²) >= 11 is 0. The fourth-order valence-electron chi connectivity index (χ4n) is 3.81. The topological polar surface area (TPSA) is 117 Å². The van der Waals surface area contributed by atoms with E-state index < -0.39 is 11.3 Å². The maximum atomic E-state index is 13.2. The van der Waals surface area contributed by atoms with Crippen molar-refractivity contribution in [1.82, 2.24) is 10.5 Å². The number of aliphatic hydroxyl groups is 1. The van der Waals surface area contributed by atoms with E-state index in [0.717, 1.165) is 22.2 Å². The molecule has 7 nitrogen and oxygen atoms in total. The Morgan fingerprint density at radius 1 is 1.25 bits per heavy atom. The third kappa shape index (κ3) is 2.67. The van der Waals surface area contributed by atoms with Crippen LogP contribution in [0.15, 0.2) is 36.4 Å². The monoisotopic (exact) mass is 379 g/mol. The average molecular weight is 379 g/mol. The number of rotatable bonds is 4. The van der Waals surface area contributed by atoms with E-state index in [1.807, 2.05) is 26.0 Å². The number of carbonyl (C=O) groups is 2. The van der Waals surface area contributed by atoms with Gasteiger partial charge in [0.05, 0.1) is 18.8 Å². The highest BCUT2D eigenvalue weighted by molar-refractivity contribution is 6.20. The van der Waals surface area contributed by atoms with Gasteiger partial charge in [0.1, 0.15) is 0 Å². The van der Waals surface area contributed by atoms with Crippen LogP contribution in [0.1, 0.15) is 51.4 Å². The Balaban J connectivity index is 1.82. The van der Waals surface area contributed by atoms with Crippen LogP contribution in [0, 0.1) is 0 Å². The van der Waals surface area contributed by atoms with Gasteiger partial charge in [0, 0.05) is 38.8 Å². The van der Waals surface area contributed by atoms with Crippen LogP contribution in [-0.4, -0.2) is 35.0 Å². The molecule has 0 unspecified atom stereocenters. The predicted octanol–water partition coefficient (Wildman–Crippen LogP) is 2.27. The highest BCUT2D eigenvalue weighted by atomic mass is 16.7. The van der Waals surface area contributed by atoms with Gasteiger partial charge in [-0.05, 0) is 35.9 Å². The molecule has 0 aliphatic heterocycles. The lowest BCUT2D eigenvalue weighted by Gasteiger charge is -2.32. The molecule has 1 aliphatic rings. The molecule has 0 atom stereocenters. The van der Waals surface area contributed by atoms with Crippen LogP contribution in [0.4, 0.5) is 5.69 Å². The summed E-state index contributed by atoms with van der Waals surface area (Å²) in [5, 5.41) is 9.59. The number of nitrogens with two attached hydrogens (primary N) is 1. The van der Waals surface area contributed by atoms with Crippen LogP contribution in [0.3, 0.4) is 0 Å². The largest absolute Gasteiger partial charge is 0.399 e. The van der Waals surface area contributed by atoms with Crippen LogP contribution in [-0.2, 0) is 10.3 Å². The van der Waals surface area contributed by atoms with Crippen molar-refractivity contribution in [3.8, 4) is 0 Å². The molecule has 3 aromatic rings. The first-order chi connectivity index (χ1) is 13.3. The third-order valence-electron chi connectivity index (χ3n) is 5.23. The molecular weight excluding hydrogens is 358 g/mol. The van der Waals surface area contributed by atoms with E-state index in [0.29, 0.717) is 22.4 Å². The molecular formula is C21H21N3O4. The summed E-state index contributed by atoms with van der Waals surface area (Å²) in [5.74, 6) is -0.515. The number of ketones is 1. The summed E-state index contributed by atoms with van der Waals surface area (Å²) in [6, 6.07) is 10.5. The molecule has 0 bridgehead atoms. The van der Waals surface area contributed by atoms with Crippen LogP contribution < -0.4 is 11.2 Å².